The molecule has 0 radical (unpaired) electrons. The molecular formula is C17H12ClFN2O4. The van der Waals surface area contributed by atoms with Crippen molar-refractivity contribution in [3.05, 3.63) is 58.6 Å². The zero-order valence-corrected chi connectivity index (χ0v) is 13.7. The van der Waals surface area contributed by atoms with Gasteiger partial charge in [0.05, 0.1) is 12.1 Å². The number of anilines is 1. The van der Waals surface area contributed by atoms with E-state index >= 15 is 0 Å². The summed E-state index contributed by atoms with van der Waals surface area (Å²) in [6, 6.07) is 8.36. The van der Waals surface area contributed by atoms with Gasteiger partial charge in [0.2, 0.25) is 5.76 Å². The van der Waals surface area contributed by atoms with Crippen LogP contribution in [0.5, 0.6) is 5.75 Å². The number of ether oxygens (including phenoxy) is 1. The maximum Gasteiger partial charge on any atom is 0.286 e. The Kier molecular flexibility index (Phi) is 4.33. The number of hydrogen-bond donors (Lipinski definition) is 2. The lowest BCUT2D eigenvalue weighted by Crippen LogP contribution is -2.17. The van der Waals surface area contributed by atoms with Crippen LogP contribution in [0.3, 0.4) is 0 Å². The second-order valence-electron chi connectivity index (χ2n) is 5.12. The number of benzene rings is 2. The minimum Gasteiger partial charge on any atom is -0.497 e. The second-order valence-corrected chi connectivity index (χ2v) is 5.52. The average Bonchev–Trinajstić information content (AvgIpc) is 2.95. The van der Waals surface area contributed by atoms with E-state index in [1.165, 1.54) is 19.2 Å². The molecule has 0 aliphatic rings. The molecular weight excluding hydrogens is 351 g/mol. The molecule has 6 nitrogen and oxygen atoms in total. The largest absolute Gasteiger partial charge is 0.497 e. The van der Waals surface area contributed by atoms with Gasteiger partial charge in [-0.05, 0) is 30.3 Å². The van der Waals surface area contributed by atoms with Crippen molar-refractivity contribution in [3.8, 4) is 5.75 Å². The molecule has 0 atom stereocenters. The zero-order valence-electron chi connectivity index (χ0n) is 12.9. The van der Waals surface area contributed by atoms with E-state index in [4.69, 9.17) is 26.5 Å². The highest BCUT2D eigenvalue weighted by Crippen LogP contribution is 2.33. The van der Waals surface area contributed by atoms with Gasteiger partial charge >= 0.3 is 0 Å². The van der Waals surface area contributed by atoms with Gasteiger partial charge in [-0.15, -0.1) is 0 Å². The van der Waals surface area contributed by atoms with E-state index < -0.39 is 17.6 Å². The summed E-state index contributed by atoms with van der Waals surface area (Å²) in [7, 11) is 1.49. The summed E-state index contributed by atoms with van der Waals surface area (Å²) in [6.07, 6.45) is 0. The van der Waals surface area contributed by atoms with Crippen molar-refractivity contribution >= 4 is 40.1 Å². The summed E-state index contributed by atoms with van der Waals surface area (Å²) in [5.41, 5.74) is 5.88. The molecule has 1 heterocycles. The molecule has 3 aromatic rings. The molecule has 3 rings (SSSR count). The minimum absolute atomic E-state index is 0.115. The fraction of sp³-hybridized carbons (Fsp3) is 0.0588. The highest BCUT2D eigenvalue weighted by Gasteiger charge is 2.21. The predicted octanol–water partition coefficient (Wildman–Crippen LogP) is 3.59. The van der Waals surface area contributed by atoms with Gasteiger partial charge in [-0.2, -0.15) is 0 Å². The van der Waals surface area contributed by atoms with Gasteiger partial charge in [-0.25, -0.2) is 4.39 Å². The molecule has 128 valence electrons. The van der Waals surface area contributed by atoms with Crippen molar-refractivity contribution in [3.63, 3.8) is 0 Å². The standard InChI is InChI=1S/C17H12ClFN2O4/c1-24-9-3-4-10-13(7-9)25-15(16(20)22)14(10)21-17(23)8-2-5-12(19)11(18)6-8/h2-7H,1H3,(H2,20,22)(H,21,23). The summed E-state index contributed by atoms with van der Waals surface area (Å²) in [5, 5.41) is 2.84. The van der Waals surface area contributed by atoms with Crippen molar-refractivity contribution in [2.24, 2.45) is 5.73 Å². The van der Waals surface area contributed by atoms with E-state index in [9.17, 15) is 14.0 Å². The van der Waals surface area contributed by atoms with Gasteiger partial charge in [0.15, 0.2) is 0 Å². The first kappa shape index (κ1) is 16.8. The number of nitrogens with two attached hydrogens (primary N) is 1. The molecule has 2 amide bonds. The lowest BCUT2D eigenvalue weighted by molar-refractivity contribution is 0.0977. The van der Waals surface area contributed by atoms with Gasteiger partial charge in [0.1, 0.15) is 22.8 Å². The van der Waals surface area contributed by atoms with E-state index in [-0.39, 0.29) is 22.0 Å². The van der Waals surface area contributed by atoms with Crippen LogP contribution in [0, 0.1) is 5.82 Å². The highest BCUT2D eigenvalue weighted by molar-refractivity contribution is 6.31. The number of methoxy groups -OCH3 is 1. The molecule has 0 aliphatic heterocycles. The number of halogens is 2. The Morgan fingerprint density at radius 1 is 1.24 bits per heavy atom. The maximum absolute atomic E-state index is 13.2. The summed E-state index contributed by atoms with van der Waals surface area (Å²) >= 11 is 5.69. The van der Waals surface area contributed by atoms with E-state index in [2.05, 4.69) is 5.32 Å². The first-order chi connectivity index (χ1) is 11.9. The van der Waals surface area contributed by atoms with Crippen molar-refractivity contribution in [2.75, 3.05) is 12.4 Å². The number of fused-ring (bicyclic) bond motifs is 1. The lowest BCUT2D eigenvalue weighted by atomic mass is 10.1. The first-order valence-corrected chi connectivity index (χ1v) is 7.45. The fourth-order valence-electron chi connectivity index (χ4n) is 2.32. The number of nitrogens with one attached hydrogen (secondary N) is 1. The van der Waals surface area contributed by atoms with Crippen LogP contribution in [-0.2, 0) is 0 Å². The van der Waals surface area contributed by atoms with Crippen LogP contribution in [0.4, 0.5) is 10.1 Å². The molecule has 0 spiro atoms. The van der Waals surface area contributed by atoms with Gasteiger partial charge < -0.3 is 20.2 Å². The number of amides is 2. The average molecular weight is 363 g/mol. The topological polar surface area (TPSA) is 94.6 Å². The first-order valence-electron chi connectivity index (χ1n) is 7.07. The van der Waals surface area contributed by atoms with Crippen LogP contribution in [0.1, 0.15) is 20.9 Å². The Bertz CT molecular complexity index is 1000. The number of carbonyl (C=O) groups is 2. The summed E-state index contributed by atoms with van der Waals surface area (Å²) in [4.78, 5) is 24.0. The van der Waals surface area contributed by atoms with Crippen LogP contribution in [0.15, 0.2) is 40.8 Å². The van der Waals surface area contributed by atoms with E-state index in [0.29, 0.717) is 16.7 Å². The zero-order chi connectivity index (χ0) is 18.1. The van der Waals surface area contributed by atoms with Gasteiger partial charge in [-0.1, -0.05) is 11.6 Å². The minimum atomic E-state index is -0.845. The number of rotatable bonds is 4. The molecule has 8 heteroatoms. The van der Waals surface area contributed by atoms with E-state index in [0.717, 1.165) is 6.07 Å². The van der Waals surface area contributed by atoms with E-state index in [1.807, 2.05) is 0 Å². The van der Waals surface area contributed by atoms with Crippen molar-refractivity contribution in [2.45, 2.75) is 0 Å². The van der Waals surface area contributed by atoms with Gasteiger partial charge in [-0.3, -0.25) is 9.59 Å². The third kappa shape index (κ3) is 3.14. The Hall–Kier alpha value is -3.06. The Balaban J connectivity index is 2.04. The lowest BCUT2D eigenvalue weighted by Gasteiger charge is -2.06. The fourth-order valence-corrected chi connectivity index (χ4v) is 2.51. The SMILES string of the molecule is COc1ccc2c(NC(=O)c3ccc(F)c(Cl)c3)c(C(N)=O)oc2c1. The molecule has 1 aromatic heterocycles. The summed E-state index contributed by atoms with van der Waals surface area (Å²) in [5.74, 6) is -1.77. The van der Waals surface area contributed by atoms with Crippen LogP contribution < -0.4 is 15.8 Å². The molecule has 0 bridgehead atoms. The van der Waals surface area contributed by atoms with Crippen LogP contribution in [0.2, 0.25) is 5.02 Å². The quantitative estimate of drug-likeness (QED) is 0.741. The molecule has 0 saturated heterocycles. The molecule has 3 N–H and O–H groups in total. The highest BCUT2D eigenvalue weighted by atomic mass is 35.5. The Morgan fingerprint density at radius 3 is 2.64 bits per heavy atom. The Labute approximate surface area is 146 Å². The number of carbonyl (C=O) groups excluding carboxylic acids is 2. The summed E-state index contributed by atoms with van der Waals surface area (Å²) in [6.45, 7) is 0. The number of furan rings is 1. The third-order valence-electron chi connectivity index (χ3n) is 3.54. The maximum atomic E-state index is 13.2. The van der Waals surface area contributed by atoms with Crippen molar-refractivity contribution in [1.82, 2.24) is 0 Å². The van der Waals surface area contributed by atoms with Crippen LogP contribution in [-0.4, -0.2) is 18.9 Å². The van der Waals surface area contributed by atoms with Gasteiger partial charge in [0, 0.05) is 17.0 Å². The predicted molar refractivity (Wildman–Crippen MR) is 90.6 cm³/mol. The Morgan fingerprint density at radius 2 is 2.00 bits per heavy atom. The number of hydrogen-bond acceptors (Lipinski definition) is 4. The second kappa shape index (κ2) is 6.45. The molecule has 0 fully saturated rings. The molecule has 0 aliphatic carbocycles. The number of primary amides is 1. The van der Waals surface area contributed by atoms with Crippen molar-refractivity contribution < 1.29 is 23.1 Å². The molecule has 25 heavy (non-hydrogen) atoms. The van der Waals surface area contributed by atoms with E-state index in [1.54, 1.807) is 18.2 Å². The van der Waals surface area contributed by atoms with Crippen LogP contribution in [0.25, 0.3) is 11.0 Å². The molecule has 2 aromatic carbocycles. The summed E-state index contributed by atoms with van der Waals surface area (Å²) < 4.78 is 23.8. The third-order valence-corrected chi connectivity index (χ3v) is 3.83. The van der Waals surface area contributed by atoms with Gasteiger partial charge in [0.25, 0.3) is 11.8 Å². The molecule has 0 saturated carbocycles. The smallest absolute Gasteiger partial charge is 0.286 e. The van der Waals surface area contributed by atoms with Crippen LogP contribution >= 0.6 is 11.6 Å². The normalized spacial score (nSPS) is 10.7. The monoisotopic (exact) mass is 362 g/mol. The molecule has 0 unspecified atom stereocenters. The van der Waals surface area contributed by atoms with Crippen molar-refractivity contribution in [1.29, 1.82) is 0 Å².